The Kier molecular flexibility index (Phi) is 5.27. The Morgan fingerprint density at radius 1 is 0.857 bits per heavy atom. The number of carbonyl (C=O) groups is 1. The van der Waals surface area contributed by atoms with Gasteiger partial charge in [0.25, 0.3) is 11.6 Å². The minimum absolute atomic E-state index is 0.0139. The lowest BCUT2D eigenvalue weighted by Crippen LogP contribution is -2.29. The van der Waals surface area contributed by atoms with Gasteiger partial charge in [-0.2, -0.15) is 0 Å². The molecule has 0 aliphatic heterocycles. The Bertz CT molecular complexity index is 990. The van der Waals surface area contributed by atoms with Gasteiger partial charge in [-0.3, -0.25) is 19.8 Å². The SMILES string of the molecule is CC(C)(C)c1ccccc1N(C(=O)c1ccccc1)c1ccc([N+](=O)[O-])cc1. The molecule has 0 radical (unpaired) electrons. The molecule has 0 aliphatic rings. The third-order valence-electron chi connectivity index (χ3n) is 4.50. The first-order valence-corrected chi connectivity index (χ1v) is 9.02. The quantitative estimate of drug-likeness (QED) is 0.424. The number of hydrogen-bond acceptors (Lipinski definition) is 3. The van der Waals surface area contributed by atoms with E-state index in [9.17, 15) is 14.9 Å². The van der Waals surface area contributed by atoms with Gasteiger partial charge in [0.15, 0.2) is 0 Å². The predicted octanol–water partition coefficient (Wildman–Crippen LogP) is 5.87. The molecule has 0 heterocycles. The molecular formula is C23H22N2O3. The molecule has 28 heavy (non-hydrogen) atoms. The van der Waals surface area contributed by atoms with E-state index in [0.717, 1.165) is 11.3 Å². The zero-order valence-electron chi connectivity index (χ0n) is 16.1. The second-order valence-electron chi connectivity index (χ2n) is 7.55. The van der Waals surface area contributed by atoms with Gasteiger partial charge in [-0.05, 0) is 41.3 Å². The molecule has 142 valence electrons. The second-order valence-corrected chi connectivity index (χ2v) is 7.55. The minimum atomic E-state index is -0.448. The maximum atomic E-state index is 13.4. The van der Waals surface area contributed by atoms with Gasteiger partial charge in [-0.15, -0.1) is 0 Å². The summed E-state index contributed by atoms with van der Waals surface area (Å²) in [6.45, 7) is 6.27. The number of benzene rings is 3. The number of hydrogen-bond donors (Lipinski definition) is 0. The van der Waals surface area contributed by atoms with Crippen LogP contribution in [-0.4, -0.2) is 10.8 Å². The van der Waals surface area contributed by atoms with E-state index in [1.807, 2.05) is 42.5 Å². The Morgan fingerprint density at radius 3 is 2.00 bits per heavy atom. The lowest BCUT2D eigenvalue weighted by atomic mass is 9.85. The van der Waals surface area contributed by atoms with Crippen molar-refractivity contribution in [3.8, 4) is 0 Å². The molecule has 0 unspecified atom stereocenters. The molecule has 0 aromatic heterocycles. The van der Waals surface area contributed by atoms with Crippen LogP contribution in [0.25, 0.3) is 0 Å². The molecule has 0 saturated carbocycles. The van der Waals surface area contributed by atoms with Crippen LogP contribution in [0, 0.1) is 10.1 Å². The van der Waals surface area contributed by atoms with E-state index in [0.29, 0.717) is 11.3 Å². The first-order chi connectivity index (χ1) is 13.3. The van der Waals surface area contributed by atoms with Crippen molar-refractivity contribution < 1.29 is 9.72 Å². The first-order valence-electron chi connectivity index (χ1n) is 9.02. The van der Waals surface area contributed by atoms with Crippen molar-refractivity contribution in [2.45, 2.75) is 26.2 Å². The summed E-state index contributed by atoms with van der Waals surface area (Å²) in [4.78, 5) is 25.6. The van der Waals surface area contributed by atoms with E-state index < -0.39 is 4.92 Å². The number of anilines is 2. The Hall–Kier alpha value is -3.47. The van der Waals surface area contributed by atoms with E-state index in [-0.39, 0.29) is 17.0 Å². The summed E-state index contributed by atoms with van der Waals surface area (Å²) in [5.41, 5.74) is 2.70. The molecule has 0 bridgehead atoms. The number of carbonyl (C=O) groups excluding carboxylic acids is 1. The highest BCUT2D eigenvalue weighted by molar-refractivity contribution is 6.11. The molecular weight excluding hydrogens is 352 g/mol. The fraction of sp³-hybridized carbons (Fsp3) is 0.174. The van der Waals surface area contributed by atoms with Gasteiger partial charge in [-0.25, -0.2) is 0 Å². The summed E-state index contributed by atoms with van der Waals surface area (Å²) in [6.07, 6.45) is 0. The Morgan fingerprint density at radius 2 is 1.43 bits per heavy atom. The standard InChI is InChI=1S/C23H22N2O3/c1-23(2,3)20-11-7-8-12-21(20)24(22(26)17-9-5-4-6-10-17)18-13-15-19(16-14-18)25(27)28/h4-16H,1-3H3. The summed E-state index contributed by atoms with van der Waals surface area (Å²) in [5.74, 6) is -0.189. The highest BCUT2D eigenvalue weighted by Gasteiger charge is 2.26. The fourth-order valence-electron chi connectivity index (χ4n) is 3.10. The van der Waals surface area contributed by atoms with Crippen LogP contribution in [0.15, 0.2) is 78.9 Å². The monoisotopic (exact) mass is 374 g/mol. The number of amides is 1. The van der Waals surface area contributed by atoms with Crippen LogP contribution in [0.2, 0.25) is 0 Å². The number of nitro groups is 1. The molecule has 5 nitrogen and oxygen atoms in total. The zero-order chi connectivity index (χ0) is 20.3. The molecule has 3 aromatic carbocycles. The van der Waals surface area contributed by atoms with Gasteiger partial charge in [-0.1, -0.05) is 57.2 Å². The maximum absolute atomic E-state index is 13.4. The molecule has 5 heteroatoms. The van der Waals surface area contributed by atoms with Crippen molar-refractivity contribution in [2.24, 2.45) is 0 Å². The van der Waals surface area contributed by atoms with Crippen LogP contribution in [0.3, 0.4) is 0 Å². The smallest absolute Gasteiger partial charge is 0.269 e. The number of nitro benzene ring substituents is 1. The van der Waals surface area contributed by atoms with Crippen molar-refractivity contribution in [2.75, 3.05) is 4.90 Å². The molecule has 3 aromatic rings. The van der Waals surface area contributed by atoms with Crippen LogP contribution in [0.1, 0.15) is 36.7 Å². The van der Waals surface area contributed by atoms with E-state index >= 15 is 0 Å². The zero-order valence-corrected chi connectivity index (χ0v) is 16.1. The Labute approximate surface area is 164 Å². The topological polar surface area (TPSA) is 63.5 Å². The van der Waals surface area contributed by atoms with Gasteiger partial charge >= 0.3 is 0 Å². The van der Waals surface area contributed by atoms with Crippen molar-refractivity contribution in [3.05, 3.63) is 100 Å². The van der Waals surface area contributed by atoms with E-state index in [2.05, 4.69) is 20.8 Å². The molecule has 0 fully saturated rings. The summed E-state index contributed by atoms with van der Waals surface area (Å²) < 4.78 is 0. The van der Waals surface area contributed by atoms with Gasteiger partial charge in [0.2, 0.25) is 0 Å². The van der Waals surface area contributed by atoms with Gasteiger partial charge in [0.05, 0.1) is 10.6 Å². The van der Waals surface area contributed by atoms with Crippen molar-refractivity contribution >= 4 is 23.0 Å². The minimum Gasteiger partial charge on any atom is -0.277 e. The highest BCUT2D eigenvalue weighted by Crippen LogP contribution is 2.37. The van der Waals surface area contributed by atoms with Crippen LogP contribution < -0.4 is 4.90 Å². The van der Waals surface area contributed by atoms with Gasteiger partial charge in [0.1, 0.15) is 0 Å². The largest absolute Gasteiger partial charge is 0.277 e. The van der Waals surface area contributed by atoms with Crippen LogP contribution in [-0.2, 0) is 5.41 Å². The molecule has 0 atom stereocenters. The van der Waals surface area contributed by atoms with E-state index in [1.54, 1.807) is 29.2 Å². The molecule has 0 saturated heterocycles. The van der Waals surface area contributed by atoms with Gasteiger partial charge < -0.3 is 0 Å². The van der Waals surface area contributed by atoms with Crippen LogP contribution in [0.5, 0.6) is 0 Å². The average Bonchev–Trinajstić information content (AvgIpc) is 2.69. The van der Waals surface area contributed by atoms with E-state index in [4.69, 9.17) is 0 Å². The van der Waals surface area contributed by atoms with Crippen LogP contribution >= 0.6 is 0 Å². The first kappa shape index (κ1) is 19.3. The van der Waals surface area contributed by atoms with Crippen molar-refractivity contribution in [3.63, 3.8) is 0 Å². The average molecular weight is 374 g/mol. The van der Waals surface area contributed by atoms with Crippen LogP contribution in [0.4, 0.5) is 17.1 Å². The number of rotatable bonds is 4. The lowest BCUT2D eigenvalue weighted by molar-refractivity contribution is -0.384. The third kappa shape index (κ3) is 3.93. The number of non-ortho nitro benzene ring substituents is 1. The summed E-state index contributed by atoms with van der Waals surface area (Å²) in [5, 5.41) is 11.0. The molecule has 1 amide bonds. The molecule has 0 spiro atoms. The molecule has 0 aliphatic carbocycles. The van der Waals surface area contributed by atoms with Crippen molar-refractivity contribution in [1.82, 2.24) is 0 Å². The molecule has 3 rings (SSSR count). The summed E-state index contributed by atoms with van der Waals surface area (Å²) in [7, 11) is 0. The highest BCUT2D eigenvalue weighted by atomic mass is 16.6. The van der Waals surface area contributed by atoms with Crippen molar-refractivity contribution in [1.29, 1.82) is 0 Å². The predicted molar refractivity (Wildman–Crippen MR) is 111 cm³/mol. The third-order valence-corrected chi connectivity index (χ3v) is 4.50. The number of nitrogens with zero attached hydrogens (tertiary/aromatic N) is 2. The lowest BCUT2D eigenvalue weighted by Gasteiger charge is -2.30. The Balaban J connectivity index is 2.19. The van der Waals surface area contributed by atoms with E-state index in [1.165, 1.54) is 12.1 Å². The summed E-state index contributed by atoms with van der Waals surface area (Å²) in [6, 6.07) is 22.8. The second kappa shape index (κ2) is 7.64. The summed E-state index contributed by atoms with van der Waals surface area (Å²) >= 11 is 0. The fourth-order valence-corrected chi connectivity index (χ4v) is 3.10. The van der Waals surface area contributed by atoms with Gasteiger partial charge in [0, 0.05) is 23.4 Å². The maximum Gasteiger partial charge on any atom is 0.269 e. The molecule has 0 N–H and O–H groups in total. The number of para-hydroxylation sites is 1. The normalized spacial score (nSPS) is 11.1.